The van der Waals surface area contributed by atoms with E-state index in [-0.39, 0.29) is 0 Å². The average molecular weight is 275 g/mol. The molecule has 80 valence electrons. The molecule has 0 saturated carbocycles. The van der Waals surface area contributed by atoms with Crippen molar-refractivity contribution < 1.29 is 4.74 Å². The predicted molar refractivity (Wildman–Crippen MR) is 74.2 cm³/mol. The molecule has 2 rings (SSSR count). The molecule has 2 nitrogen and oxygen atoms in total. The average Bonchev–Trinajstić information content (AvgIpc) is 2.40. The van der Waals surface area contributed by atoms with Crippen molar-refractivity contribution in [2.75, 3.05) is 11.9 Å². The molecule has 6 heteroatoms. The summed E-state index contributed by atoms with van der Waals surface area (Å²) in [5.41, 5.74) is 0.934. The van der Waals surface area contributed by atoms with Gasteiger partial charge in [0.05, 0.1) is 12.3 Å². The topological polar surface area (TPSA) is 21.3 Å². The molecule has 0 amide bonds. The number of rotatable bonds is 2. The second kappa shape index (κ2) is 3.93. The Morgan fingerprint density at radius 3 is 2.80 bits per heavy atom. The third-order valence-corrected chi connectivity index (χ3v) is 7.10. The van der Waals surface area contributed by atoms with Crippen molar-refractivity contribution in [3.8, 4) is 5.75 Å². The molecule has 0 bridgehead atoms. The number of hydrogen-bond acceptors (Lipinski definition) is 4. The molecule has 0 unspecified atom stereocenters. The Morgan fingerprint density at radius 1 is 1.40 bits per heavy atom. The van der Waals surface area contributed by atoms with Gasteiger partial charge in [0.2, 0.25) is 0 Å². The summed E-state index contributed by atoms with van der Waals surface area (Å²) in [6, 6.07) is 5.71. The van der Waals surface area contributed by atoms with E-state index < -0.39 is 7.15 Å². The summed E-state index contributed by atoms with van der Waals surface area (Å²) in [5.74, 6) is 0.800. The Kier molecular flexibility index (Phi) is 2.94. The van der Waals surface area contributed by atoms with Crippen molar-refractivity contribution in [2.45, 2.75) is 11.8 Å². The van der Waals surface area contributed by atoms with Crippen LogP contribution in [0.2, 0.25) is 0 Å². The zero-order valence-corrected chi connectivity index (χ0v) is 11.2. The van der Waals surface area contributed by atoms with Crippen LogP contribution in [0.15, 0.2) is 23.1 Å². The number of anilines is 1. The van der Waals surface area contributed by atoms with Gasteiger partial charge >= 0.3 is 0 Å². The van der Waals surface area contributed by atoms with Crippen LogP contribution in [0.1, 0.15) is 6.92 Å². The molecule has 1 aliphatic heterocycles. The molecular formula is C9H9NOS4. The van der Waals surface area contributed by atoms with Crippen LogP contribution in [0.25, 0.3) is 0 Å². The van der Waals surface area contributed by atoms with Gasteiger partial charge in [0.15, 0.2) is 4.32 Å². The lowest BCUT2D eigenvalue weighted by Gasteiger charge is -2.05. The quantitative estimate of drug-likeness (QED) is 0.658. The van der Waals surface area contributed by atoms with Gasteiger partial charge in [0, 0.05) is 4.90 Å². The molecule has 0 aromatic heterocycles. The van der Waals surface area contributed by atoms with E-state index in [4.69, 9.17) is 39.3 Å². The van der Waals surface area contributed by atoms with Crippen molar-refractivity contribution >= 4 is 51.7 Å². The Bertz CT molecular complexity index is 521. The fourth-order valence-corrected chi connectivity index (χ4v) is 3.94. The number of benzene rings is 1. The molecule has 0 atom stereocenters. The van der Waals surface area contributed by atoms with Crippen LogP contribution >= 0.6 is 12.2 Å². The van der Waals surface area contributed by atoms with Gasteiger partial charge < -0.3 is 10.1 Å². The minimum absolute atomic E-state index is 0.594. The summed E-state index contributed by atoms with van der Waals surface area (Å²) >= 11 is 15.9. The van der Waals surface area contributed by atoms with Gasteiger partial charge in [0.1, 0.15) is 5.75 Å². The monoisotopic (exact) mass is 275 g/mol. The summed E-state index contributed by atoms with van der Waals surface area (Å²) in [7, 11) is -1.82. The van der Waals surface area contributed by atoms with Crippen molar-refractivity contribution in [2.24, 2.45) is 0 Å². The molecule has 1 N–H and O–H groups in total. The molecule has 1 heterocycles. The molecule has 0 aliphatic carbocycles. The summed E-state index contributed by atoms with van der Waals surface area (Å²) < 4.78 is 6.00. The zero-order valence-electron chi connectivity index (χ0n) is 7.98. The molecule has 0 saturated heterocycles. The fourth-order valence-electron chi connectivity index (χ4n) is 1.36. The molecule has 1 aliphatic rings. The van der Waals surface area contributed by atoms with E-state index in [1.807, 2.05) is 25.1 Å². The van der Waals surface area contributed by atoms with Crippen molar-refractivity contribution in [1.82, 2.24) is 0 Å². The van der Waals surface area contributed by atoms with E-state index in [1.165, 1.54) is 0 Å². The second-order valence-corrected chi connectivity index (χ2v) is 9.16. The molecular weight excluding hydrogens is 266 g/mol. The van der Waals surface area contributed by atoms with E-state index in [0.29, 0.717) is 10.9 Å². The Morgan fingerprint density at radius 2 is 2.13 bits per heavy atom. The van der Waals surface area contributed by atoms with E-state index in [0.717, 1.165) is 16.3 Å². The van der Waals surface area contributed by atoms with Gasteiger partial charge in [-0.2, -0.15) is 0 Å². The maximum absolute atomic E-state index is 5.41. The lowest BCUT2D eigenvalue weighted by molar-refractivity contribution is 0.339. The van der Waals surface area contributed by atoms with Gasteiger partial charge in [-0.05, 0) is 54.6 Å². The maximum atomic E-state index is 5.41. The number of ether oxygens (including phenoxy) is 1. The van der Waals surface area contributed by atoms with Gasteiger partial charge in [-0.1, -0.05) is 12.2 Å². The molecule has 0 fully saturated rings. The molecule has 0 radical (unpaired) electrons. The van der Waals surface area contributed by atoms with Gasteiger partial charge in [0.25, 0.3) is 0 Å². The van der Waals surface area contributed by atoms with Gasteiger partial charge in [-0.25, -0.2) is 0 Å². The summed E-state index contributed by atoms with van der Waals surface area (Å²) in [5, 5.41) is 3.06. The Labute approximate surface area is 104 Å². The zero-order chi connectivity index (χ0) is 11.1. The molecule has 1 aromatic rings. The highest BCUT2D eigenvalue weighted by molar-refractivity contribution is 8.66. The van der Waals surface area contributed by atoms with Crippen LogP contribution in [-0.4, -0.2) is 10.9 Å². The fraction of sp³-hybridized carbons (Fsp3) is 0.222. The first-order chi connectivity index (χ1) is 7.05. The number of thiocarbonyl (C=S) groups is 1. The van der Waals surface area contributed by atoms with Crippen molar-refractivity contribution in [1.29, 1.82) is 0 Å². The lowest BCUT2D eigenvalue weighted by Crippen LogP contribution is -2.08. The maximum Gasteiger partial charge on any atom is 0.150 e. The second-order valence-electron chi connectivity index (χ2n) is 3.01. The number of nitrogens with one attached hydrogen (secondary N) is 1. The summed E-state index contributed by atoms with van der Waals surface area (Å²) in [4.78, 5) is 0.934. The van der Waals surface area contributed by atoms with Crippen LogP contribution < -0.4 is 10.1 Å². The predicted octanol–water partition coefficient (Wildman–Crippen LogP) is 2.23. The minimum atomic E-state index is -1.82. The number of hydrogen-bond donors (Lipinski definition) is 1. The normalized spacial score (nSPS) is 17.0. The minimum Gasteiger partial charge on any atom is -0.494 e. The van der Waals surface area contributed by atoms with Crippen LogP contribution in [0.4, 0.5) is 5.69 Å². The molecule has 1 aromatic carbocycles. The van der Waals surface area contributed by atoms with E-state index in [1.54, 1.807) is 0 Å². The first kappa shape index (κ1) is 11.2. The SMILES string of the molecule is CCOc1ccc2c(c1)S(=S)(=S)C(=S)N2. The Balaban J connectivity index is 2.55. The van der Waals surface area contributed by atoms with E-state index >= 15 is 0 Å². The highest BCUT2D eigenvalue weighted by atomic mass is 33.1. The number of fused-ring (bicyclic) bond motifs is 1. The molecule has 0 spiro atoms. The highest BCUT2D eigenvalue weighted by Gasteiger charge is 2.25. The third-order valence-electron chi connectivity index (χ3n) is 2.03. The first-order valence-electron chi connectivity index (χ1n) is 4.38. The smallest absolute Gasteiger partial charge is 0.150 e. The van der Waals surface area contributed by atoms with Crippen LogP contribution in [0.3, 0.4) is 0 Å². The van der Waals surface area contributed by atoms with Crippen molar-refractivity contribution in [3.63, 3.8) is 0 Å². The van der Waals surface area contributed by atoms with Crippen LogP contribution in [0.5, 0.6) is 5.75 Å². The van der Waals surface area contributed by atoms with E-state index in [2.05, 4.69) is 5.32 Å². The Hall–Kier alpha value is -0.300. The molecule has 15 heavy (non-hydrogen) atoms. The van der Waals surface area contributed by atoms with E-state index in [9.17, 15) is 0 Å². The van der Waals surface area contributed by atoms with Crippen molar-refractivity contribution in [3.05, 3.63) is 18.2 Å². The first-order valence-corrected chi connectivity index (χ1v) is 8.28. The lowest BCUT2D eigenvalue weighted by atomic mass is 10.3. The standard InChI is InChI=1S/C9H9NOS4/c1-2-11-6-3-4-7-8(5-6)15(13,14)9(12)10-7/h3-5H,2H2,1H3,(H,10,12). The summed E-state index contributed by atoms with van der Waals surface area (Å²) in [6.45, 7) is 2.57. The van der Waals surface area contributed by atoms with Gasteiger partial charge in [-0.15, -0.1) is 0 Å². The van der Waals surface area contributed by atoms with Gasteiger partial charge in [-0.3, -0.25) is 0 Å². The summed E-state index contributed by atoms with van der Waals surface area (Å²) in [6.07, 6.45) is 0. The highest BCUT2D eigenvalue weighted by Crippen LogP contribution is 2.34. The largest absolute Gasteiger partial charge is 0.494 e. The van der Waals surface area contributed by atoms with Crippen LogP contribution in [-0.2, 0) is 29.5 Å². The third kappa shape index (κ3) is 1.87. The van der Waals surface area contributed by atoms with Crippen LogP contribution in [0, 0.1) is 0 Å².